The van der Waals surface area contributed by atoms with E-state index in [0.717, 1.165) is 5.66 Å². The minimum Gasteiger partial charge on any atom is -0.0622 e. The molecule has 0 aromatic heterocycles. The molecular formula is C31H68P4+4. The largest absolute Gasteiger partial charge is 0.0834 e. The molecule has 0 radical (unpaired) electrons. The van der Waals surface area contributed by atoms with Gasteiger partial charge >= 0.3 is 0 Å². The maximum atomic E-state index is 2.49. The molecule has 4 heteroatoms. The summed E-state index contributed by atoms with van der Waals surface area (Å²) in [7, 11) is -1.96. The van der Waals surface area contributed by atoms with Crippen LogP contribution >= 0.6 is 29.0 Å². The van der Waals surface area contributed by atoms with Gasteiger partial charge in [0.25, 0.3) is 0 Å². The predicted octanol–water partition coefficient (Wildman–Crippen LogP) is 10.9. The summed E-state index contributed by atoms with van der Waals surface area (Å²) in [5.74, 6) is 0. The second kappa shape index (κ2) is 19.1. The van der Waals surface area contributed by atoms with E-state index < -0.39 is 29.0 Å². The third kappa shape index (κ3) is 29.4. The molecule has 0 atom stereocenters. The van der Waals surface area contributed by atoms with Crippen molar-refractivity contribution in [1.82, 2.24) is 0 Å². The molecule has 2 rings (SSSR count). The average Bonchev–Trinajstić information content (AvgIpc) is 2.67. The van der Waals surface area contributed by atoms with Gasteiger partial charge in [0.15, 0.2) is 0 Å². The summed E-state index contributed by atoms with van der Waals surface area (Å²) in [6.07, 6.45) is 14.4. The second-order valence-electron chi connectivity index (χ2n) is 14.4. The molecule has 1 aliphatic rings. The molecule has 0 N–H and O–H groups in total. The zero-order chi connectivity index (χ0) is 27.8. The molecule has 0 unspecified atom stereocenters. The van der Waals surface area contributed by atoms with Crippen LogP contribution in [-0.2, 0) is 6.16 Å². The van der Waals surface area contributed by atoms with Gasteiger partial charge in [-0.2, -0.15) is 0 Å². The standard InChI is InChI=1S/C10H16P.C9H20P.2C6H16P/c1-11(2,3)9-10-7-5-4-6-8-10;1-10(2,3)9-7-5-4-6-8-9;2*1-5-6-7(2,3)4/h4-8H,9H2,1-3H3;9H,4-8H2,1-3H3;2*5-6H2,1-4H3/q4*+1. The molecule has 1 fully saturated rings. The first-order chi connectivity index (χ1) is 15.8. The molecule has 0 saturated heterocycles. The molecule has 1 aromatic rings. The van der Waals surface area contributed by atoms with E-state index in [-0.39, 0.29) is 0 Å². The van der Waals surface area contributed by atoms with Crippen LogP contribution < -0.4 is 0 Å². The molecule has 0 amide bonds. The lowest BCUT2D eigenvalue weighted by Gasteiger charge is -2.27. The Morgan fingerprint density at radius 1 is 0.571 bits per heavy atom. The monoisotopic (exact) mass is 564 g/mol. The molecule has 208 valence electrons. The van der Waals surface area contributed by atoms with Crippen molar-refractivity contribution in [3.8, 4) is 0 Å². The van der Waals surface area contributed by atoms with Crippen LogP contribution in [0, 0.1) is 0 Å². The van der Waals surface area contributed by atoms with Gasteiger partial charge in [-0.05, 0) is 44.1 Å². The van der Waals surface area contributed by atoms with E-state index in [1.165, 1.54) is 69.0 Å². The van der Waals surface area contributed by atoms with E-state index in [9.17, 15) is 0 Å². The maximum absolute atomic E-state index is 2.49. The van der Waals surface area contributed by atoms with Crippen LogP contribution in [0.15, 0.2) is 30.3 Å². The minimum absolute atomic E-state index is 0.416. The van der Waals surface area contributed by atoms with Crippen LogP contribution in [0.2, 0.25) is 0 Å². The first kappa shape index (κ1) is 38.1. The van der Waals surface area contributed by atoms with E-state index in [0.29, 0.717) is 0 Å². The lowest BCUT2D eigenvalue weighted by atomic mass is 10.0. The van der Waals surface area contributed by atoms with Crippen molar-refractivity contribution in [2.24, 2.45) is 0 Å². The Morgan fingerprint density at radius 2 is 0.971 bits per heavy atom. The Balaban J connectivity index is 0. The van der Waals surface area contributed by atoms with E-state index >= 15 is 0 Å². The van der Waals surface area contributed by atoms with Gasteiger partial charge in [0.05, 0.1) is 24.1 Å². The van der Waals surface area contributed by atoms with Crippen molar-refractivity contribution in [2.45, 2.75) is 70.6 Å². The van der Waals surface area contributed by atoms with Gasteiger partial charge in [-0.15, -0.1) is 0 Å². The van der Waals surface area contributed by atoms with Crippen LogP contribution in [0.3, 0.4) is 0 Å². The fourth-order valence-electron chi connectivity index (χ4n) is 4.33. The fourth-order valence-corrected chi connectivity index (χ4v) is 10.2. The molecule has 35 heavy (non-hydrogen) atoms. The molecule has 0 heterocycles. The first-order valence-electron chi connectivity index (χ1n) is 14.1. The van der Waals surface area contributed by atoms with Gasteiger partial charge in [-0.1, -0.05) is 50.6 Å². The van der Waals surface area contributed by atoms with Crippen molar-refractivity contribution >= 4 is 29.0 Å². The summed E-state index contributed by atoms with van der Waals surface area (Å²) in [4.78, 5) is 0. The molecule has 1 aliphatic carbocycles. The lowest BCUT2D eigenvalue weighted by Crippen LogP contribution is -2.15. The molecule has 0 nitrogen and oxygen atoms in total. The summed E-state index contributed by atoms with van der Waals surface area (Å²) in [6, 6.07) is 10.7. The highest BCUT2D eigenvalue weighted by molar-refractivity contribution is 7.74. The lowest BCUT2D eigenvalue weighted by molar-refractivity contribution is 0.509. The molecule has 0 spiro atoms. The highest BCUT2D eigenvalue weighted by Crippen LogP contribution is 2.56. The van der Waals surface area contributed by atoms with Crippen molar-refractivity contribution < 1.29 is 0 Å². The normalized spacial score (nSPS) is 15.0. The predicted molar refractivity (Wildman–Crippen MR) is 186 cm³/mol. The van der Waals surface area contributed by atoms with Gasteiger partial charge in [0, 0.05) is 109 Å². The van der Waals surface area contributed by atoms with E-state index in [1.807, 2.05) is 0 Å². The zero-order valence-electron chi connectivity index (χ0n) is 26.8. The molecule has 1 saturated carbocycles. The van der Waals surface area contributed by atoms with Crippen LogP contribution in [0.5, 0.6) is 0 Å². The third-order valence-corrected chi connectivity index (χ3v) is 13.6. The van der Waals surface area contributed by atoms with Crippen LogP contribution in [-0.4, -0.2) is 98.0 Å². The highest BCUT2D eigenvalue weighted by Gasteiger charge is 2.31. The number of hydrogen-bond acceptors (Lipinski definition) is 0. The SMILES string of the molecule is CCC[P+](C)(C)C.CCC[P+](C)(C)C.C[P+](C)(C)C1CCCCC1.C[P+](C)(C)Cc1ccccc1. The Morgan fingerprint density at radius 3 is 1.20 bits per heavy atom. The molecule has 0 bridgehead atoms. The summed E-state index contributed by atoms with van der Waals surface area (Å²) in [5, 5.41) is 0. The summed E-state index contributed by atoms with van der Waals surface area (Å²) >= 11 is 0. The molecule has 0 aliphatic heterocycles. The minimum atomic E-state index is -0.638. The smallest absolute Gasteiger partial charge is 0.0622 e. The zero-order valence-corrected chi connectivity index (χ0v) is 30.4. The summed E-state index contributed by atoms with van der Waals surface area (Å²) in [5.41, 5.74) is 2.59. The van der Waals surface area contributed by atoms with Gasteiger partial charge in [0.2, 0.25) is 0 Å². The Hall–Kier alpha value is 0.940. The van der Waals surface area contributed by atoms with E-state index in [2.05, 4.69) is 124 Å². The quantitative estimate of drug-likeness (QED) is 0.289. The van der Waals surface area contributed by atoms with Crippen molar-refractivity contribution in [1.29, 1.82) is 0 Å². The third-order valence-electron chi connectivity index (χ3n) is 5.96. The van der Waals surface area contributed by atoms with Crippen LogP contribution in [0.25, 0.3) is 0 Å². The summed E-state index contributed by atoms with van der Waals surface area (Å²) < 4.78 is 0. The van der Waals surface area contributed by atoms with Gasteiger partial charge < -0.3 is 0 Å². The van der Waals surface area contributed by atoms with Crippen LogP contribution in [0.4, 0.5) is 0 Å². The van der Waals surface area contributed by atoms with Gasteiger partial charge in [-0.3, -0.25) is 0 Å². The van der Waals surface area contributed by atoms with Gasteiger partial charge in [0.1, 0.15) is 0 Å². The maximum Gasteiger partial charge on any atom is 0.0834 e. The topological polar surface area (TPSA) is 0 Å². The van der Waals surface area contributed by atoms with Crippen molar-refractivity contribution in [3.63, 3.8) is 0 Å². The van der Waals surface area contributed by atoms with Crippen molar-refractivity contribution in [3.05, 3.63) is 35.9 Å². The Labute approximate surface area is 227 Å². The van der Waals surface area contributed by atoms with Gasteiger partial charge in [-0.25, -0.2) is 0 Å². The van der Waals surface area contributed by atoms with E-state index in [1.54, 1.807) is 0 Å². The first-order valence-corrected chi connectivity index (χ1v) is 27.2. The Bertz CT molecular complexity index is 576. The average molecular weight is 565 g/mol. The second-order valence-corrected chi connectivity index (χ2v) is 34.3. The fraction of sp³-hybridized carbons (Fsp3) is 0.806. The van der Waals surface area contributed by atoms with E-state index in [4.69, 9.17) is 0 Å². The number of rotatable bonds is 7. The Kier molecular flexibility index (Phi) is 20.8. The summed E-state index contributed by atoms with van der Waals surface area (Å²) in [6.45, 7) is 33.4. The highest BCUT2D eigenvalue weighted by atomic mass is 31.2. The van der Waals surface area contributed by atoms with Crippen molar-refractivity contribution in [2.75, 3.05) is 92.3 Å². The molecular weight excluding hydrogens is 496 g/mol. The number of hydrogen-bond donors (Lipinski definition) is 0. The molecule has 1 aromatic carbocycles. The number of benzene rings is 1. The van der Waals surface area contributed by atoms with Crippen LogP contribution in [0.1, 0.15) is 64.4 Å².